The van der Waals surface area contributed by atoms with Crippen LogP contribution in [0, 0.1) is 6.92 Å². The minimum atomic E-state index is -0.237. The molecule has 0 saturated heterocycles. The van der Waals surface area contributed by atoms with Gasteiger partial charge in [-0.25, -0.2) is 5.43 Å². The minimum absolute atomic E-state index is 0.147. The van der Waals surface area contributed by atoms with E-state index in [1.165, 1.54) is 6.21 Å². The highest BCUT2D eigenvalue weighted by Gasteiger charge is 2.04. The maximum absolute atomic E-state index is 11.7. The molecular formula is C14H13Br2N3O2. The fraction of sp³-hybridized carbons (Fsp3) is 0.143. The molecule has 1 aromatic heterocycles. The number of anilines is 1. The van der Waals surface area contributed by atoms with Crippen LogP contribution in [-0.4, -0.2) is 18.7 Å². The monoisotopic (exact) mass is 413 g/mol. The highest BCUT2D eigenvalue weighted by atomic mass is 79.9. The largest absolute Gasteiger partial charge is 0.447 e. The van der Waals surface area contributed by atoms with Gasteiger partial charge in [0.25, 0.3) is 5.91 Å². The average molecular weight is 415 g/mol. The number of benzene rings is 1. The van der Waals surface area contributed by atoms with Gasteiger partial charge in [-0.15, -0.1) is 0 Å². The van der Waals surface area contributed by atoms with E-state index in [1.54, 1.807) is 6.07 Å². The molecule has 7 heteroatoms. The highest BCUT2D eigenvalue weighted by Crippen LogP contribution is 2.25. The summed E-state index contributed by atoms with van der Waals surface area (Å²) in [4.78, 5) is 11.7. The van der Waals surface area contributed by atoms with E-state index in [0.29, 0.717) is 10.4 Å². The van der Waals surface area contributed by atoms with Crippen LogP contribution < -0.4 is 10.7 Å². The predicted molar refractivity (Wildman–Crippen MR) is 89.5 cm³/mol. The number of nitrogens with one attached hydrogen (secondary N) is 2. The molecule has 1 amide bonds. The van der Waals surface area contributed by atoms with Crippen LogP contribution >= 0.6 is 31.9 Å². The summed E-state index contributed by atoms with van der Waals surface area (Å²) in [5.74, 6) is 0.292. The van der Waals surface area contributed by atoms with E-state index in [2.05, 4.69) is 47.7 Å². The lowest BCUT2D eigenvalue weighted by Crippen LogP contribution is -2.26. The number of hydrogen-bond donors (Lipinski definition) is 2. The Morgan fingerprint density at radius 1 is 1.38 bits per heavy atom. The first-order valence-corrected chi connectivity index (χ1v) is 7.71. The second kappa shape index (κ2) is 7.42. The first-order chi connectivity index (χ1) is 10.1. The van der Waals surface area contributed by atoms with Crippen LogP contribution in [0.15, 0.2) is 49.0 Å². The van der Waals surface area contributed by atoms with Crippen LogP contribution in [0.3, 0.4) is 0 Å². The summed E-state index contributed by atoms with van der Waals surface area (Å²) in [5.41, 5.74) is 4.44. The molecule has 0 bridgehead atoms. The number of furan rings is 1. The van der Waals surface area contributed by atoms with Gasteiger partial charge in [0, 0.05) is 11.8 Å². The summed E-state index contributed by atoms with van der Waals surface area (Å²) < 4.78 is 6.66. The molecule has 0 atom stereocenters. The summed E-state index contributed by atoms with van der Waals surface area (Å²) in [5, 5.41) is 6.88. The molecular weight excluding hydrogens is 402 g/mol. The lowest BCUT2D eigenvalue weighted by atomic mass is 10.2. The number of amides is 1. The van der Waals surface area contributed by atoms with Gasteiger partial charge < -0.3 is 9.73 Å². The van der Waals surface area contributed by atoms with E-state index < -0.39 is 0 Å². The summed E-state index contributed by atoms with van der Waals surface area (Å²) in [6, 6.07) is 9.50. The number of hydrogen-bond acceptors (Lipinski definition) is 4. The van der Waals surface area contributed by atoms with Crippen LogP contribution in [0.1, 0.15) is 11.3 Å². The van der Waals surface area contributed by atoms with Crippen LogP contribution in [-0.2, 0) is 4.79 Å². The van der Waals surface area contributed by atoms with Gasteiger partial charge in [-0.2, -0.15) is 5.10 Å². The van der Waals surface area contributed by atoms with Gasteiger partial charge >= 0.3 is 0 Å². The zero-order valence-electron chi connectivity index (χ0n) is 11.2. The molecule has 1 aromatic carbocycles. The summed E-state index contributed by atoms with van der Waals surface area (Å²) in [7, 11) is 0. The molecule has 5 nitrogen and oxygen atoms in total. The Morgan fingerprint density at radius 3 is 2.81 bits per heavy atom. The number of nitrogens with zero attached hydrogens (tertiary/aromatic N) is 1. The van der Waals surface area contributed by atoms with Gasteiger partial charge in [-0.05, 0) is 50.4 Å². The number of halogens is 2. The molecule has 110 valence electrons. The maximum Gasteiger partial charge on any atom is 0.259 e. The number of hydrazone groups is 1. The van der Waals surface area contributed by atoms with E-state index in [-0.39, 0.29) is 12.5 Å². The fourth-order valence-corrected chi connectivity index (χ4v) is 2.19. The molecule has 0 aliphatic heterocycles. The molecule has 21 heavy (non-hydrogen) atoms. The summed E-state index contributed by atoms with van der Waals surface area (Å²) in [6.45, 7) is 2.12. The molecule has 0 aliphatic carbocycles. The Hall–Kier alpha value is -1.60. The first kappa shape index (κ1) is 15.8. The summed E-state index contributed by atoms with van der Waals surface area (Å²) in [6.07, 6.45) is 1.43. The Kier molecular flexibility index (Phi) is 5.58. The Bertz CT molecular complexity index is 648. The Balaban J connectivity index is 1.81. The van der Waals surface area contributed by atoms with E-state index in [9.17, 15) is 4.79 Å². The molecule has 0 unspecified atom stereocenters. The maximum atomic E-state index is 11.7. The molecule has 0 radical (unpaired) electrons. The number of rotatable bonds is 5. The van der Waals surface area contributed by atoms with Crippen LogP contribution in [0.5, 0.6) is 0 Å². The molecule has 0 fully saturated rings. The zero-order chi connectivity index (χ0) is 15.2. The quantitative estimate of drug-likeness (QED) is 0.579. The van der Waals surface area contributed by atoms with Crippen molar-refractivity contribution in [1.29, 1.82) is 0 Å². The SMILES string of the molecule is Cc1ccccc1NCC(=O)NN=Cc1cc(Br)c(Br)o1. The number of carbonyl (C=O) groups is 1. The van der Waals surface area contributed by atoms with E-state index in [1.807, 2.05) is 31.2 Å². The lowest BCUT2D eigenvalue weighted by molar-refractivity contribution is -0.119. The van der Waals surface area contributed by atoms with Crippen molar-refractivity contribution in [2.75, 3.05) is 11.9 Å². The van der Waals surface area contributed by atoms with Crippen molar-refractivity contribution in [3.05, 3.63) is 50.8 Å². The third-order valence-corrected chi connectivity index (χ3v) is 4.34. The fourth-order valence-electron chi connectivity index (χ4n) is 1.58. The zero-order valence-corrected chi connectivity index (χ0v) is 14.4. The van der Waals surface area contributed by atoms with Gasteiger partial charge in [0.1, 0.15) is 5.76 Å². The number of carbonyl (C=O) groups excluding carboxylic acids is 1. The van der Waals surface area contributed by atoms with Crippen molar-refractivity contribution in [2.24, 2.45) is 5.10 Å². The molecule has 2 N–H and O–H groups in total. The second-order valence-corrected chi connectivity index (χ2v) is 5.81. The van der Waals surface area contributed by atoms with Crippen molar-refractivity contribution in [3.8, 4) is 0 Å². The van der Waals surface area contributed by atoms with Crippen molar-refractivity contribution < 1.29 is 9.21 Å². The van der Waals surface area contributed by atoms with Crippen LogP contribution in [0.2, 0.25) is 0 Å². The Morgan fingerprint density at radius 2 is 2.14 bits per heavy atom. The van der Waals surface area contributed by atoms with Gasteiger partial charge in [0.15, 0.2) is 4.67 Å². The van der Waals surface area contributed by atoms with E-state index in [0.717, 1.165) is 15.7 Å². The number of aryl methyl sites for hydroxylation is 1. The third kappa shape index (κ3) is 4.71. The highest BCUT2D eigenvalue weighted by molar-refractivity contribution is 9.13. The Labute approximate surface area is 139 Å². The molecule has 2 aromatic rings. The molecule has 0 saturated carbocycles. The van der Waals surface area contributed by atoms with E-state index in [4.69, 9.17) is 4.42 Å². The van der Waals surface area contributed by atoms with Crippen molar-refractivity contribution in [1.82, 2.24) is 5.43 Å². The first-order valence-electron chi connectivity index (χ1n) is 6.12. The molecule has 0 spiro atoms. The van der Waals surface area contributed by atoms with Gasteiger partial charge in [-0.3, -0.25) is 4.79 Å². The van der Waals surface area contributed by atoms with Crippen LogP contribution in [0.25, 0.3) is 0 Å². The average Bonchev–Trinajstić information content (AvgIpc) is 2.77. The van der Waals surface area contributed by atoms with E-state index >= 15 is 0 Å². The van der Waals surface area contributed by atoms with Crippen molar-refractivity contribution in [3.63, 3.8) is 0 Å². The van der Waals surface area contributed by atoms with Crippen molar-refractivity contribution in [2.45, 2.75) is 6.92 Å². The lowest BCUT2D eigenvalue weighted by Gasteiger charge is -2.07. The number of para-hydroxylation sites is 1. The molecule has 0 aliphatic rings. The molecule has 2 rings (SSSR count). The third-order valence-electron chi connectivity index (χ3n) is 2.63. The molecule has 1 heterocycles. The van der Waals surface area contributed by atoms with Gasteiger partial charge in [0.05, 0.1) is 17.2 Å². The normalized spacial score (nSPS) is 10.8. The van der Waals surface area contributed by atoms with Gasteiger partial charge in [-0.1, -0.05) is 18.2 Å². The predicted octanol–water partition coefficient (Wildman–Crippen LogP) is 3.68. The standard InChI is InChI=1S/C14H13Br2N3O2/c1-9-4-2-3-5-12(9)17-8-13(20)19-18-7-10-6-11(15)14(16)21-10/h2-7,17H,8H2,1H3,(H,19,20). The van der Waals surface area contributed by atoms with Gasteiger partial charge in [0.2, 0.25) is 0 Å². The second-order valence-electron chi connectivity index (χ2n) is 4.23. The smallest absolute Gasteiger partial charge is 0.259 e. The summed E-state index contributed by atoms with van der Waals surface area (Å²) >= 11 is 6.52. The van der Waals surface area contributed by atoms with Crippen LogP contribution in [0.4, 0.5) is 5.69 Å². The minimum Gasteiger partial charge on any atom is -0.447 e. The van der Waals surface area contributed by atoms with Crippen molar-refractivity contribution >= 4 is 49.7 Å². The topological polar surface area (TPSA) is 66.6 Å².